The van der Waals surface area contributed by atoms with Crippen LogP contribution in [0.5, 0.6) is 0 Å². The normalized spacial score (nSPS) is 12.8. The van der Waals surface area contributed by atoms with Crippen molar-refractivity contribution in [3.05, 3.63) is 45.8 Å². The third-order valence-corrected chi connectivity index (χ3v) is 4.37. The molecule has 1 aromatic heterocycles. The maximum atomic E-state index is 9.44. The lowest BCUT2D eigenvalue weighted by Crippen LogP contribution is -2.14. The number of hydrogen-bond acceptors (Lipinski definition) is 2. The Bertz CT molecular complexity index is 765. The summed E-state index contributed by atoms with van der Waals surface area (Å²) >= 11 is 3.48. The first-order valence-electron chi connectivity index (χ1n) is 7.08. The zero-order valence-electron chi connectivity index (χ0n) is 12.7. The number of nitriles is 1. The maximum Gasteiger partial charge on any atom is 0.254 e. The summed E-state index contributed by atoms with van der Waals surface area (Å²) in [5.41, 5.74) is 1.37. The number of aliphatic hydroxyl groups is 1. The van der Waals surface area contributed by atoms with E-state index < -0.39 is 5.54 Å². The molecular formula is C17H18BrN3O. The highest BCUT2D eigenvalue weighted by molar-refractivity contribution is 9.10. The number of rotatable bonds is 5. The first-order valence-corrected chi connectivity index (χ1v) is 7.87. The van der Waals surface area contributed by atoms with Gasteiger partial charge >= 0.3 is 0 Å². The monoisotopic (exact) mass is 359 g/mol. The number of hydrogen-bond donors (Lipinski definition) is 1. The summed E-state index contributed by atoms with van der Waals surface area (Å²) in [6.07, 6.45) is 2.29. The summed E-state index contributed by atoms with van der Waals surface area (Å²) in [6, 6.07) is 8.11. The molecule has 1 atom stereocenters. The second-order valence-corrected chi connectivity index (χ2v) is 6.85. The Morgan fingerprint density at radius 3 is 2.82 bits per heavy atom. The van der Waals surface area contributed by atoms with Crippen LogP contribution in [0.1, 0.15) is 25.8 Å². The first kappa shape index (κ1) is 16.5. The van der Waals surface area contributed by atoms with E-state index in [1.807, 2.05) is 42.8 Å². The van der Waals surface area contributed by atoms with Crippen molar-refractivity contribution in [2.24, 2.45) is 5.92 Å². The molecule has 1 heterocycles. The third kappa shape index (κ3) is 3.16. The highest BCUT2D eigenvalue weighted by atomic mass is 79.9. The van der Waals surface area contributed by atoms with Gasteiger partial charge in [-0.15, -0.1) is 0 Å². The van der Waals surface area contributed by atoms with Gasteiger partial charge in [0.05, 0.1) is 11.6 Å². The Morgan fingerprint density at radius 1 is 1.50 bits per heavy atom. The predicted molar refractivity (Wildman–Crippen MR) is 90.1 cm³/mol. The molecule has 2 aromatic rings. The van der Waals surface area contributed by atoms with Crippen LogP contribution in [-0.2, 0) is 12.1 Å². The van der Waals surface area contributed by atoms with Crippen molar-refractivity contribution in [1.29, 1.82) is 5.26 Å². The largest absolute Gasteiger partial charge is 0.396 e. The van der Waals surface area contributed by atoms with E-state index in [0.29, 0.717) is 13.0 Å². The average Bonchev–Trinajstić information content (AvgIpc) is 2.85. The molecule has 0 radical (unpaired) electrons. The average molecular weight is 360 g/mol. The first-order chi connectivity index (χ1) is 10.4. The topological polar surface area (TPSA) is 53.3 Å². The van der Waals surface area contributed by atoms with Crippen molar-refractivity contribution in [3.63, 3.8) is 0 Å². The minimum absolute atomic E-state index is 0.0250. The summed E-state index contributed by atoms with van der Waals surface area (Å²) < 4.78 is 3.01. The molecule has 0 spiro atoms. The number of halogens is 1. The van der Waals surface area contributed by atoms with Gasteiger partial charge in [-0.05, 0) is 12.1 Å². The molecule has 0 saturated heterocycles. The fraction of sp³-hybridized carbons (Fsp3) is 0.412. The highest BCUT2D eigenvalue weighted by Gasteiger charge is 2.30. The van der Waals surface area contributed by atoms with Crippen LogP contribution in [0.4, 0.5) is 0 Å². The Hall–Kier alpha value is -1.82. The second kappa shape index (κ2) is 6.52. The van der Waals surface area contributed by atoms with Gasteiger partial charge in [0, 0.05) is 60.9 Å². The zero-order chi connectivity index (χ0) is 16.3. The quantitative estimate of drug-likeness (QED) is 0.817. The molecule has 0 amide bonds. The molecule has 0 saturated carbocycles. The molecule has 5 heteroatoms. The van der Waals surface area contributed by atoms with E-state index >= 15 is 0 Å². The van der Waals surface area contributed by atoms with Gasteiger partial charge in [-0.3, -0.25) is 0 Å². The van der Waals surface area contributed by atoms with Crippen molar-refractivity contribution < 1.29 is 5.11 Å². The smallest absolute Gasteiger partial charge is 0.254 e. The fourth-order valence-corrected chi connectivity index (χ4v) is 2.91. The van der Waals surface area contributed by atoms with Crippen LogP contribution in [0.2, 0.25) is 0 Å². The molecule has 0 aliphatic carbocycles. The molecule has 4 nitrogen and oxygen atoms in total. The third-order valence-electron chi connectivity index (χ3n) is 3.88. The number of fused-ring (bicyclic) bond motifs is 1. The molecule has 1 aromatic carbocycles. The van der Waals surface area contributed by atoms with E-state index in [0.717, 1.165) is 20.9 Å². The minimum atomic E-state index is -0.610. The van der Waals surface area contributed by atoms with Gasteiger partial charge in [0.2, 0.25) is 0 Å². The predicted octanol–water partition coefficient (Wildman–Crippen LogP) is 4.08. The van der Waals surface area contributed by atoms with Crippen molar-refractivity contribution in [1.82, 2.24) is 4.57 Å². The molecule has 114 valence electrons. The summed E-state index contributed by atoms with van der Waals surface area (Å²) in [4.78, 5) is 3.74. The fourth-order valence-electron chi connectivity index (χ4n) is 2.56. The van der Waals surface area contributed by atoms with Gasteiger partial charge in [-0.25, -0.2) is 6.57 Å². The van der Waals surface area contributed by atoms with Crippen LogP contribution < -0.4 is 0 Å². The Labute approximate surface area is 138 Å². The van der Waals surface area contributed by atoms with E-state index in [9.17, 15) is 5.11 Å². The van der Waals surface area contributed by atoms with Gasteiger partial charge in [0.1, 0.15) is 0 Å². The van der Waals surface area contributed by atoms with E-state index in [1.54, 1.807) is 0 Å². The molecule has 0 aliphatic rings. The van der Waals surface area contributed by atoms with E-state index in [-0.39, 0.29) is 12.5 Å². The number of nitrogens with zero attached hydrogens (tertiary/aromatic N) is 3. The van der Waals surface area contributed by atoms with E-state index in [2.05, 4.69) is 26.8 Å². The summed E-state index contributed by atoms with van der Waals surface area (Å²) in [5, 5.41) is 19.3. The summed E-state index contributed by atoms with van der Waals surface area (Å²) in [7, 11) is 0. The molecule has 1 N–H and O–H groups in total. The summed E-state index contributed by atoms with van der Waals surface area (Å²) in [6.45, 7) is 11.8. The number of benzene rings is 1. The Balaban J connectivity index is 2.58. The lowest BCUT2D eigenvalue weighted by atomic mass is 9.95. The number of aromatic nitrogens is 1. The van der Waals surface area contributed by atoms with Crippen LogP contribution in [0.25, 0.3) is 15.7 Å². The van der Waals surface area contributed by atoms with Gasteiger partial charge < -0.3 is 14.5 Å². The summed E-state index contributed by atoms with van der Waals surface area (Å²) in [5.74, 6) is -0.108. The van der Waals surface area contributed by atoms with Crippen LogP contribution in [-0.4, -0.2) is 16.3 Å². The highest BCUT2D eigenvalue weighted by Crippen LogP contribution is 2.34. The van der Waals surface area contributed by atoms with Crippen LogP contribution in [0, 0.1) is 23.8 Å². The molecular weight excluding hydrogens is 342 g/mol. The molecule has 0 aliphatic heterocycles. The molecule has 0 bridgehead atoms. The van der Waals surface area contributed by atoms with Gasteiger partial charge in [-0.1, -0.05) is 22.0 Å². The van der Waals surface area contributed by atoms with Crippen molar-refractivity contribution in [2.75, 3.05) is 6.61 Å². The second-order valence-electron chi connectivity index (χ2n) is 5.94. The van der Waals surface area contributed by atoms with E-state index in [1.165, 1.54) is 0 Å². The van der Waals surface area contributed by atoms with Crippen molar-refractivity contribution in [2.45, 2.75) is 32.4 Å². The van der Waals surface area contributed by atoms with Crippen LogP contribution >= 0.6 is 15.9 Å². The van der Waals surface area contributed by atoms with Gasteiger partial charge in [-0.2, -0.15) is 5.26 Å². The lowest BCUT2D eigenvalue weighted by Gasteiger charge is -2.12. The SMILES string of the molecule is [C-]#[N+]C(C)(C)c1cn(CC(CO)CC#N)c2cc(Br)ccc12. The Morgan fingerprint density at radius 2 is 2.23 bits per heavy atom. The number of aliphatic hydroxyl groups excluding tert-OH is 1. The van der Waals surface area contributed by atoms with Gasteiger partial charge in [0.15, 0.2) is 0 Å². The van der Waals surface area contributed by atoms with Crippen molar-refractivity contribution in [3.8, 4) is 6.07 Å². The van der Waals surface area contributed by atoms with E-state index in [4.69, 9.17) is 11.8 Å². The minimum Gasteiger partial charge on any atom is -0.396 e. The lowest BCUT2D eigenvalue weighted by molar-refractivity contribution is 0.214. The molecule has 0 fully saturated rings. The van der Waals surface area contributed by atoms with Crippen LogP contribution in [0.15, 0.2) is 28.9 Å². The Kier molecular flexibility index (Phi) is 4.90. The maximum absolute atomic E-state index is 9.44. The molecule has 22 heavy (non-hydrogen) atoms. The van der Waals surface area contributed by atoms with Gasteiger partial charge in [0.25, 0.3) is 5.54 Å². The van der Waals surface area contributed by atoms with Crippen molar-refractivity contribution >= 4 is 26.8 Å². The molecule has 1 unspecified atom stereocenters. The zero-order valence-corrected chi connectivity index (χ0v) is 14.3. The molecule has 2 rings (SSSR count). The van der Waals surface area contributed by atoms with Crippen LogP contribution in [0.3, 0.4) is 0 Å². The standard InChI is InChI=1S/C17H18BrN3O/c1-17(2,20-3)15-10-21(9-12(11-22)6-7-19)16-8-13(18)4-5-14(15)16/h4-5,8,10,12,22H,6,9,11H2,1-2H3.